The number of benzene rings is 1. The van der Waals surface area contributed by atoms with Crippen LogP contribution in [-0.4, -0.2) is 42.5 Å². The Morgan fingerprint density at radius 1 is 1.18 bits per heavy atom. The molecule has 1 aliphatic rings. The zero-order valence-corrected chi connectivity index (χ0v) is 17.1. The summed E-state index contributed by atoms with van der Waals surface area (Å²) in [5, 5.41) is 11.9. The first kappa shape index (κ1) is 20.4. The van der Waals surface area contributed by atoms with Crippen molar-refractivity contribution in [2.45, 2.75) is 52.1 Å². The van der Waals surface area contributed by atoms with E-state index in [9.17, 15) is 0 Å². The number of hydrogen-bond donors (Lipinski definition) is 1. The Labute approximate surface area is 168 Å². The van der Waals surface area contributed by atoms with Crippen LogP contribution < -0.4 is 19.7 Å². The van der Waals surface area contributed by atoms with Crippen LogP contribution in [0.2, 0.25) is 0 Å². The lowest BCUT2D eigenvalue weighted by Gasteiger charge is -2.33. The molecule has 6 heteroatoms. The lowest BCUT2D eigenvalue weighted by atomic mass is 10.1. The molecule has 1 saturated heterocycles. The summed E-state index contributed by atoms with van der Waals surface area (Å²) in [6.07, 6.45) is 6.22. The normalized spacial score (nSPS) is 16.8. The molecular weight excluding hydrogens is 352 g/mol. The first-order chi connectivity index (χ1) is 13.8. The molecule has 1 atom stereocenters. The number of piperidine rings is 1. The number of ether oxygens (including phenoxy) is 2. The monoisotopic (exact) mass is 384 g/mol. The highest BCUT2D eigenvalue weighted by atomic mass is 16.5. The van der Waals surface area contributed by atoms with Gasteiger partial charge < -0.3 is 19.7 Å². The van der Waals surface area contributed by atoms with Gasteiger partial charge in [0.1, 0.15) is 0 Å². The topological polar surface area (TPSA) is 59.5 Å². The summed E-state index contributed by atoms with van der Waals surface area (Å²) in [7, 11) is 0. The quantitative estimate of drug-likeness (QED) is 0.629. The summed E-state index contributed by atoms with van der Waals surface area (Å²) in [5.41, 5.74) is 1.21. The van der Waals surface area contributed by atoms with Gasteiger partial charge in [-0.1, -0.05) is 19.4 Å². The van der Waals surface area contributed by atoms with E-state index >= 15 is 0 Å². The van der Waals surface area contributed by atoms with Crippen LogP contribution in [0.4, 0.5) is 5.82 Å². The molecule has 1 aromatic heterocycles. The molecule has 0 saturated carbocycles. The van der Waals surface area contributed by atoms with Crippen molar-refractivity contribution in [1.82, 2.24) is 15.5 Å². The van der Waals surface area contributed by atoms with Crippen LogP contribution in [-0.2, 0) is 6.54 Å². The Balaban J connectivity index is 1.56. The fourth-order valence-corrected chi connectivity index (χ4v) is 3.45. The van der Waals surface area contributed by atoms with Gasteiger partial charge in [0.2, 0.25) is 0 Å². The molecule has 1 aliphatic heterocycles. The molecular formula is C22H32N4O2. The lowest BCUT2D eigenvalue weighted by molar-refractivity contribution is 0.272. The van der Waals surface area contributed by atoms with Crippen LogP contribution in [0.1, 0.15) is 45.1 Å². The minimum atomic E-state index is 0.437. The fourth-order valence-electron chi connectivity index (χ4n) is 3.45. The van der Waals surface area contributed by atoms with Gasteiger partial charge in [0, 0.05) is 31.9 Å². The Hall–Kier alpha value is -2.34. The van der Waals surface area contributed by atoms with E-state index in [1.54, 1.807) is 6.20 Å². The molecule has 28 heavy (non-hydrogen) atoms. The van der Waals surface area contributed by atoms with Crippen LogP contribution in [0.15, 0.2) is 36.5 Å². The van der Waals surface area contributed by atoms with Crippen molar-refractivity contribution in [3.8, 4) is 11.5 Å². The van der Waals surface area contributed by atoms with E-state index in [1.807, 2.05) is 25.1 Å². The van der Waals surface area contributed by atoms with Crippen LogP contribution in [0, 0.1) is 0 Å². The molecule has 2 heterocycles. The van der Waals surface area contributed by atoms with Crippen molar-refractivity contribution >= 4 is 5.82 Å². The van der Waals surface area contributed by atoms with Crippen molar-refractivity contribution < 1.29 is 9.47 Å². The number of nitrogens with zero attached hydrogens (tertiary/aromatic N) is 3. The van der Waals surface area contributed by atoms with Gasteiger partial charge in [-0.3, -0.25) is 0 Å². The molecule has 1 N–H and O–H groups in total. The van der Waals surface area contributed by atoms with Gasteiger partial charge in [-0.2, -0.15) is 5.10 Å². The molecule has 0 spiro atoms. The van der Waals surface area contributed by atoms with Gasteiger partial charge in [0.05, 0.1) is 13.2 Å². The minimum absolute atomic E-state index is 0.437. The number of rotatable bonds is 10. The van der Waals surface area contributed by atoms with Gasteiger partial charge in [0.15, 0.2) is 17.3 Å². The second kappa shape index (κ2) is 10.9. The number of hydrogen-bond acceptors (Lipinski definition) is 6. The number of nitrogens with one attached hydrogen (secondary N) is 1. The van der Waals surface area contributed by atoms with Crippen LogP contribution in [0.5, 0.6) is 11.5 Å². The second-order valence-corrected chi connectivity index (χ2v) is 7.16. The van der Waals surface area contributed by atoms with Gasteiger partial charge in [-0.25, -0.2) is 0 Å². The zero-order valence-electron chi connectivity index (χ0n) is 17.1. The van der Waals surface area contributed by atoms with Gasteiger partial charge in [-0.15, -0.1) is 5.10 Å². The van der Waals surface area contributed by atoms with Gasteiger partial charge >= 0.3 is 0 Å². The molecule has 1 fully saturated rings. The molecule has 2 aromatic rings. The summed E-state index contributed by atoms with van der Waals surface area (Å²) < 4.78 is 11.7. The highest BCUT2D eigenvalue weighted by molar-refractivity contribution is 5.43. The molecule has 1 unspecified atom stereocenters. The molecule has 0 aliphatic carbocycles. The van der Waals surface area contributed by atoms with Gasteiger partial charge in [0.25, 0.3) is 0 Å². The standard InChI is InChI=1S/C22H32N4O2/c1-3-5-14-28-20-11-10-18(15-21(20)27-4-2)16-23-19-8-7-13-26(17-19)22-9-6-12-24-25-22/h6,9-12,15,19,23H,3-5,7-8,13-14,16-17H2,1-2H3. The van der Waals surface area contributed by atoms with E-state index in [0.717, 1.165) is 62.8 Å². The summed E-state index contributed by atoms with van der Waals surface area (Å²) in [6.45, 7) is 8.34. The minimum Gasteiger partial charge on any atom is -0.490 e. The summed E-state index contributed by atoms with van der Waals surface area (Å²) >= 11 is 0. The van der Waals surface area contributed by atoms with Crippen molar-refractivity contribution in [1.29, 1.82) is 0 Å². The molecule has 0 radical (unpaired) electrons. The summed E-state index contributed by atoms with van der Waals surface area (Å²) in [4.78, 5) is 2.31. The number of aromatic nitrogens is 2. The lowest BCUT2D eigenvalue weighted by Crippen LogP contribution is -2.45. The smallest absolute Gasteiger partial charge is 0.161 e. The van der Waals surface area contributed by atoms with Crippen molar-refractivity contribution in [3.63, 3.8) is 0 Å². The van der Waals surface area contributed by atoms with E-state index in [1.165, 1.54) is 12.0 Å². The van der Waals surface area contributed by atoms with Crippen molar-refractivity contribution in [2.24, 2.45) is 0 Å². The third kappa shape index (κ3) is 5.83. The predicted octanol–water partition coefficient (Wildman–Crippen LogP) is 3.81. The zero-order chi connectivity index (χ0) is 19.6. The Kier molecular flexibility index (Phi) is 7.91. The molecule has 1 aromatic carbocycles. The number of anilines is 1. The fraction of sp³-hybridized carbons (Fsp3) is 0.545. The molecule has 152 valence electrons. The number of unbranched alkanes of at least 4 members (excludes halogenated alkanes) is 1. The van der Waals surface area contributed by atoms with Crippen LogP contribution in [0.25, 0.3) is 0 Å². The van der Waals surface area contributed by atoms with Crippen molar-refractivity contribution in [3.05, 3.63) is 42.1 Å². The highest BCUT2D eigenvalue weighted by Gasteiger charge is 2.20. The van der Waals surface area contributed by atoms with E-state index in [-0.39, 0.29) is 0 Å². The molecule has 6 nitrogen and oxygen atoms in total. The maximum Gasteiger partial charge on any atom is 0.161 e. The Morgan fingerprint density at radius 2 is 2.11 bits per heavy atom. The molecule has 3 rings (SSSR count). The average Bonchev–Trinajstić information content (AvgIpc) is 2.75. The van der Waals surface area contributed by atoms with Crippen molar-refractivity contribution in [2.75, 3.05) is 31.2 Å². The molecule has 0 bridgehead atoms. The Morgan fingerprint density at radius 3 is 2.89 bits per heavy atom. The van der Waals surface area contributed by atoms with E-state index in [0.29, 0.717) is 12.6 Å². The predicted molar refractivity (Wildman–Crippen MR) is 112 cm³/mol. The maximum absolute atomic E-state index is 5.88. The van der Waals surface area contributed by atoms with Gasteiger partial charge in [-0.05, 0) is 56.0 Å². The van der Waals surface area contributed by atoms with E-state index < -0.39 is 0 Å². The third-order valence-electron chi connectivity index (χ3n) is 4.96. The average molecular weight is 385 g/mol. The van der Waals surface area contributed by atoms with E-state index in [2.05, 4.69) is 39.5 Å². The third-order valence-corrected chi connectivity index (χ3v) is 4.96. The SMILES string of the molecule is CCCCOc1ccc(CNC2CCCN(c3cccnn3)C2)cc1OCC. The highest BCUT2D eigenvalue weighted by Crippen LogP contribution is 2.29. The largest absolute Gasteiger partial charge is 0.490 e. The van der Waals surface area contributed by atoms with Crippen LogP contribution >= 0.6 is 0 Å². The molecule has 0 amide bonds. The Bertz CT molecular complexity index is 711. The summed E-state index contributed by atoms with van der Waals surface area (Å²) in [6, 6.07) is 10.7. The van der Waals surface area contributed by atoms with Crippen LogP contribution in [0.3, 0.4) is 0 Å². The first-order valence-corrected chi connectivity index (χ1v) is 10.4. The summed E-state index contributed by atoms with van der Waals surface area (Å²) in [5.74, 6) is 2.63. The second-order valence-electron chi connectivity index (χ2n) is 7.16. The van der Waals surface area contributed by atoms with E-state index in [4.69, 9.17) is 9.47 Å². The maximum atomic E-state index is 5.88. The first-order valence-electron chi connectivity index (χ1n) is 10.4.